The number of hydrogen-bond donors (Lipinski definition) is 1. The van der Waals surface area contributed by atoms with Gasteiger partial charge in [0.2, 0.25) is 0 Å². The van der Waals surface area contributed by atoms with Crippen molar-refractivity contribution in [2.24, 2.45) is 0 Å². The van der Waals surface area contributed by atoms with E-state index in [-0.39, 0.29) is 0 Å². The zero-order valence-electron chi connectivity index (χ0n) is 8.58. The average molecular weight is 287 g/mol. The van der Waals surface area contributed by atoms with Crippen LogP contribution >= 0.6 is 27.7 Å². The van der Waals surface area contributed by atoms with E-state index in [0.29, 0.717) is 0 Å². The molecule has 2 rings (SSSR count). The second-order valence-corrected chi connectivity index (χ2v) is 5.73. The van der Waals surface area contributed by atoms with E-state index < -0.39 is 0 Å². The van der Waals surface area contributed by atoms with Crippen LogP contribution in [0.1, 0.15) is 5.56 Å². The first-order valence-electron chi connectivity index (χ1n) is 5.10. The lowest BCUT2D eigenvalue weighted by molar-refractivity contribution is 0.294. The third-order valence-corrected chi connectivity index (χ3v) is 4.52. The van der Waals surface area contributed by atoms with E-state index in [2.05, 4.69) is 26.9 Å². The Bertz CT molecular complexity index is 337. The summed E-state index contributed by atoms with van der Waals surface area (Å²) in [5, 5.41) is 0. The molecule has 0 amide bonds. The molecule has 0 radical (unpaired) electrons. The van der Waals surface area contributed by atoms with Crippen molar-refractivity contribution in [2.75, 3.05) is 30.3 Å². The maximum Gasteiger partial charge on any atom is 0.0461 e. The van der Waals surface area contributed by atoms with Gasteiger partial charge in [-0.05, 0) is 27.6 Å². The molecule has 0 bridgehead atoms. The third-order valence-electron chi connectivity index (χ3n) is 2.61. The van der Waals surface area contributed by atoms with Gasteiger partial charge in [-0.1, -0.05) is 12.1 Å². The zero-order valence-corrected chi connectivity index (χ0v) is 11.0. The van der Waals surface area contributed by atoms with Crippen molar-refractivity contribution in [3.63, 3.8) is 0 Å². The Morgan fingerprint density at radius 2 is 2.07 bits per heavy atom. The van der Waals surface area contributed by atoms with Gasteiger partial charge >= 0.3 is 0 Å². The molecule has 0 saturated carbocycles. The van der Waals surface area contributed by atoms with Crippen LogP contribution in [0.2, 0.25) is 0 Å². The summed E-state index contributed by atoms with van der Waals surface area (Å²) < 4.78 is 1.06. The van der Waals surface area contributed by atoms with Crippen molar-refractivity contribution < 1.29 is 0 Å². The van der Waals surface area contributed by atoms with Gasteiger partial charge in [0.25, 0.3) is 0 Å². The molecule has 0 atom stereocenters. The van der Waals surface area contributed by atoms with Crippen LogP contribution in [0.15, 0.2) is 22.7 Å². The van der Waals surface area contributed by atoms with E-state index >= 15 is 0 Å². The fourth-order valence-electron chi connectivity index (χ4n) is 1.72. The van der Waals surface area contributed by atoms with Crippen molar-refractivity contribution in [2.45, 2.75) is 6.54 Å². The monoisotopic (exact) mass is 286 g/mol. The normalized spacial score (nSPS) is 17.9. The summed E-state index contributed by atoms with van der Waals surface area (Å²) in [7, 11) is 0. The van der Waals surface area contributed by atoms with Crippen LogP contribution in [0.5, 0.6) is 0 Å². The Labute approximate surface area is 103 Å². The quantitative estimate of drug-likeness (QED) is 0.848. The SMILES string of the molecule is Nc1cccc(CN2CCSCC2)c1Br. The Balaban J connectivity index is 2.06. The van der Waals surface area contributed by atoms with E-state index in [4.69, 9.17) is 5.73 Å². The van der Waals surface area contributed by atoms with Crippen LogP contribution in [0.3, 0.4) is 0 Å². The molecule has 0 aliphatic carbocycles. The van der Waals surface area contributed by atoms with Gasteiger partial charge in [-0.3, -0.25) is 4.90 Å². The van der Waals surface area contributed by atoms with E-state index in [0.717, 1.165) is 16.7 Å². The summed E-state index contributed by atoms with van der Waals surface area (Å²) in [5.74, 6) is 2.50. The molecule has 4 heteroatoms. The summed E-state index contributed by atoms with van der Waals surface area (Å²) in [6.45, 7) is 3.38. The minimum Gasteiger partial charge on any atom is -0.398 e. The van der Waals surface area contributed by atoms with Crippen LogP contribution < -0.4 is 5.73 Å². The molecule has 1 aliphatic rings. The Hall–Kier alpha value is -0.190. The van der Waals surface area contributed by atoms with E-state index in [1.54, 1.807) is 0 Å². The molecule has 1 saturated heterocycles. The van der Waals surface area contributed by atoms with Gasteiger partial charge in [0.15, 0.2) is 0 Å². The number of thioether (sulfide) groups is 1. The Morgan fingerprint density at radius 1 is 1.33 bits per heavy atom. The molecule has 1 aromatic carbocycles. The third kappa shape index (κ3) is 2.89. The van der Waals surface area contributed by atoms with Gasteiger partial charge in [0, 0.05) is 41.3 Å². The first kappa shape index (κ1) is 11.3. The van der Waals surface area contributed by atoms with Crippen molar-refractivity contribution in [3.8, 4) is 0 Å². The molecule has 0 unspecified atom stereocenters. The summed E-state index contributed by atoms with van der Waals surface area (Å²) in [5.41, 5.74) is 7.98. The molecule has 1 aromatic rings. The molecule has 1 heterocycles. The summed E-state index contributed by atoms with van der Waals surface area (Å²) in [6, 6.07) is 6.09. The minimum atomic E-state index is 0.832. The van der Waals surface area contributed by atoms with Gasteiger partial charge in [-0.15, -0.1) is 0 Å². The van der Waals surface area contributed by atoms with Gasteiger partial charge in [-0.25, -0.2) is 0 Å². The number of halogens is 1. The van der Waals surface area contributed by atoms with Crippen molar-refractivity contribution in [1.29, 1.82) is 0 Å². The van der Waals surface area contributed by atoms with Gasteiger partial charge in [0.05, 0.1) is 0 Å². The lowest BCUT2D eigenvalue weighted by atomic mass is 10.2. The van der Waals surface area contributed by atoms with Crippen LogP contribution in [0.4, 0.5) is 5.69 Å². The van der Waals surface area contributed by atoms with E-state index in [9.17, 15) is 0 Å². The van der Waals surface area contributed by atoms with Crippen LogP contribution in [0, 0.1) is 0 Å². The van der Waals surface area contributed by atoms with Crippen molar-refractivity contribution >= 4 is 33.4 Å². The highest BCUT2D eigenvalue weighted by Gasteiger charge is 2.12. The van der Waals surface area contributed by atoms with Crippen LogP contribution in [0.25, 0.3) is 0 Å². The lowest BCUT2D eigenvalue weighted by Crippen LogP contribution is -2.32. The Morgan fingerprint density at radius 3 is 2.80 bits per heavy atom. The van der Waals surface area contributed by atoms with Crippen LogP contribution in [-0.4, -0.2) is 29.5 Å². The Kier molecular flexibility index (Phi) is 3.94. The number of benzene rings is 1. The minimum absolute atomic E-state index is 0.832. The smallest absolute Gasteiger partial charge is 0.0461 e. The number of hydrogen-bond acceptors (Lipinski definition) is 3. The molecule has 1 fully saturated rings. The highest BCUT2D eigenvalue weighted by molar-refractivity contribution is 9.10. The molecule has 2 nitrogen and oxygen atoms in total. The number of nitrogens with two attached hydrogens (primary N) is 1. The summed E-state index contributed by atoms with van der Waals surface area (Å²) in [4.78, 5) is 2.48. The largest absolute Gasteiger partial charge is 0.398 e. The number of nitrogen functional groups attached to an aromatic ring is 1. The van der Waals surface area contributed by atoms with E-state index in [1.165, 1.54) is 30.2 Å². The second kappa shape index (κ2) is 5.23. The fourth-order valence-corrected chi connectivity index (χ4v) is 3.09. The highest BCUT2D eigenvalue weighted by atomic mass is 79.9. The molecule has 1 aliphatic heterocycles. The standard InChI is InChI=1S/C11H15BrN2S/c12-11-9(2-1-3-10(11)13)8-14-4-6-15-7-5-14/h1-3H,4-8,13H2. The molecule has 0 aromatic heterocycles. The second-order valence-electron chi connectivity index (χ2n) is 3.71. The van der Waals surface area contributed by atoms with Gasteiger partial charge in [0.1, 0.15) is 0 Å². The fraction of sp³-hybridized carbons (Fsp3) is 0.455. The predicted molar refractivity (Wildman–Crippen MR) is 71.2 cm³/mol. The first-order chi connectivity index (χ1) is 7.27. The maximum absolute atomic E-state index is 5.86. The van der Waals surface area contributed by atoms with Crippen LogP contribution in [-0.2, 0) is 6.54 Å². The highest BCUT2D eigenvalue weighted by Crippen LogP contribution is 2.25. The van der Waals surface area contributed by atoms with E-state index in [1.807, 2.05) is 23.9 Å². The van der Waals surface area contributed by atoms with Crippen molar-refractivity contribution in [3.05, 3.63) is 28.2 Å². The van der Waals surface area contributed by atoms with Gasteiger partial charge in [-0.2, -0.15) is 11.8 Å². The van der Waals surface area contributed by atoms with Gasteiger partial charge < -0.3 is 5.73 Å². The number of nitrogens with zero attached hydrogens (tertiary/aromatic N) is 1. The first-order valence-corrected chi connectivity index (χ1v) is 7.05. The molecule has 15 heavy (non-hydrogen) atoms. The number of anilines is 1. The number of rotatable bonds is 2. The molecule has 82 valence electrons. The maximum atomic E-state index is 5.86. The van der Waals surface area contributed by atoms with Crippen molar-refractivity contribution in [1.82, 2.24) is 4.90 Å². The summed E-state index contributed by atoms with van der Waals surface area (Å²) in [6.07, 6.45) is 0. The molecular formula is C11H15BrN2S. The molecule has 0 spiro atoms. The summed E-state index contributed by atoms with van der Waals surface area (Å²) >= 11 is 5.59. The lowest BCUT2D eigenvalue weighted by Gasteiger charge is -2.26. The average Bonchev–Trinajstić information content (AvgIpc) is 2.26. The topological polar surface area (TPSA) is 29.3 Å². The predicted octanol–water partition coefficient (Wildman–Crippen LogP) is 2.58. The zero-order chi connectivity index (χ0) is 10.7. The molecular weight excluding hydrogens is 272 g/mol. The molecule has 2 N–H and O–H groups in total.